The van der Waals surface area contributed by atoms with Gasteiger partial charge in [0.2, 0.25) is 5.43 Å². The first-order valence-corrected chi connectivity index (χ1v) is 5.98. The fourth-order valence-corrected chi connectivity index (χ4v) is 2.45. The van der Waals surface area contributed by atoms with Gasteiger partial charge in [-0.1, -0.05) is 0 Å². The van der Waals surface area contributed by atoms with Crippen LogP contribution in [0.25, 0.3) is 10.9 Å². The fourth-order valence-electron chi connectivity index (χ4n) is 2.45. The predicted molar refractivity (Wildman–Crippen MR) is 70.2 cm³/mol. The van der Waals surface area contributed by atoms with Crippen LogP contribution in [-0.4, -0.2) is 29.3 Å². The van der Waals surface area contributed by atoms with Gasteiger partial charge in [-0.2, -0.15) is 0 Å². The topological polar surface area (TPSA) is 80.6 Å². The van der Waals surface area contributed by atoms with Crippen molar-refractivity contribution in [1.29, 1.82) is 0 Å². The Labute approximate surface area is 112 Å². The molecule has 20 heavy (non-hydrogen) atoms. The number of halogens is 1. The minimum absolute atomic E-state index is 0.0103. The number of ether oxygens (including phenoxy) is 1. The van der Waals surface area contributed by atoms with E-state index < -0.39 is 17.2 Å². The highest BCUT2D eigenvalue weighted by Gasteiger charge is 2.24. The number of hydrogen-bond donors (Lipinski definition) is 2. The summed E-state index contributed by atoms with van der Waals surface area (Å²) in [4.78, 5) is 23.2. The van der Waals surface area contributed by atoms with Crippen LogP contribution >= 0.6 is 0 Å². The molecule has 0 bridgehead atoms. The second-order valence-electron chi connectivity index (χ2n) is 4.43. The molecule has 104 valence electrons. The number of nitrogens with one attached hydrogen (secondary N) is 1. The summed E-state index contributed by atoms with van der Waals surface area (Å²) in [6.45, 7) is 0.682. The molecular formula is C13H11FN2O4. The molecule has 0 spiro atoms. The van der Waals surface area contributed by atoms with Gasteiger partial charge in [-0.15, -0.1) is 0 Å². The van der Waals surface area contributed by atoms with Crippen LogP contribution < -0.4 is 15.5 Å². The van der Waals surface area contributed by atoms with Gasteiger partial charge in [0.1, 0.15) is 17.9 Å². The smallest absolute Gasteiger partial charge is 0.341 e. The number of carboxylic acids is 1. The van der Waals surface area contributed by atoms with Crippen molar-refractivity contribution in [3.8, 4) is 5.75 Å². The Bertz CT molecular complexity index is 797. The lowest BCUT2D eigenvalue weighted by molar-refractivity contribution is 0.0694. The molecule has 0 unspecified atom stereocenters. The maximum Gasteiger partial charge on any atom is 0.341 e. The molecular weight excluding hydrogens is 267 g/mol. The molecule has 0 atom stereocenters. The molecule has 1 aromatic heterocycles. The molecule has 2 N–H and O–H groups in total. The maximum absolute atomic E-state index is 14.0. The van der Waals surface area contributed by atoms with Gasteiger partial charge in [-0.25, -0.2) is 9.18 Å². The highest BCUT2D eigenvalue weighted by molar-refractivity contribution is 5.97. The van der Waals surface area contributed by atoms with Gasteiger partial charge < -0.3 is 19.7 Å². The van der Waals surface area contributed by atoms with Crippen molar-refractivity contribution in [2.75, 3.05) is 19.0 Å². The van der Waals surface area contributed by atoms with Crippen molar-refractivity contribution in [2.24, 2.45) is 0 Å². The molecule has 2 heterocycles. The zero-order valence-electron chi connectivity index (χ0n) is 10.6. The first-order chi connectivity index (χ1) is 9.54. The molecule has 1 aliphatic rings. The molecule has 6 nitrogen and oxygen atoms in total. The molecule has 2 aromatic rings. The lowest BCUT2D eigenvalue weighted by Crippen LogP contribution is -2.24. The third kappa shape index (κ3) is 1.56. The number of benzene rings is 1. The van der Waals surface area contributed by atoms with E-state index in [2.05, 4.69) is 5.32 Å². The third-order valence-corrected chi connectivity index (χ3v) is 3.33. The molecule has 7 heteroatoms. The standard InChI is InChI=1S/C13H11FN2O4/c1-15-9-8(14)4-6-10-12(9)20-3-2-16(10)5-7(11(6)17)13(18)19/h4-5,15H,2-3H2,1H3,(H,18,19). The Hall–Kier alpha value is -2.57. The van der Waals surface area contributed by atoms with Crippen molar-refractivity contribution >= 4 is 22.6 Å². The number of carbonyl (C=O) groups is 1. The highest BCUT2D eigenvalue weighted by atomic mass is 19.1. The zero-order valence-corrected chi connectivity index (χ0v) is 10.6. The van der Waals surface area contributed by atoms with Crippen molar-refractivity contribution in [2.45, 2.75) is 6.54 Å². The van der Waals surface area contributed by atoms with E-state index in [1.165, 1.54) is 6.20 Å². The number of pyridine rings is 1. The van der Waals surface area contributed by atoms with Gasteiger partial charge in [0, 0.05) is 13.2 Å². The quantitative estimate of drug-likeness (QED) is 0.864. The Balaban J connectivity index is 2.52. The average Bonchev–Trinajstić information content (AvgIpc) is 2.42. The van der Waals surface area contributed by atoms with E-state index in [9.17, 15) is 14.0 Å². The van der Waals surface area contributed by atoms with Gasteiger partial charge in [-0.05, 0) is 6.07 Å². The van der Waals surface area contributed by atoms with Gasteiger partial charge in [0.15, 0.2) is 11.6 Å². The Morgan fingerprint density at radius 3 is 2.95 bits per heavy atom. The summed E-state index contributed by atoms with van der Waals surface area (Å²) in [5, 5.41) is 11.8. The molecule has 3 rings (SSSR count). The second kappa shape index (κ2) is 4.22. The first kappa shape index (κ1) is 12.5. The summed E-state index contributed by atoms with van der Waals surface area (Å²) in [5.41, 5.74) is -0.510. The van der Waals surface area contributed by atoms with Gasteiger partial charge in [-0.3, -0.25) is 4.79 Å². The zero-order chi connectivity index (χ0) is 14.4. The number of rotatable bonds is 2. The molecule has 0 amide bonds. The summed E-state index contributed by atoms with van der Waals surface area (Å²) < 4.78 is 21.1. The maximum atomic E-state index is 14.0. The predicted octanol–water partition coefficient (Wildman–Crippen LogP) is 1.27. The lowest BCUT2D eigenvalue weighted by Gasteiger charge is -2.23. The average molecular weight is 278 g/mol. The van der Waals surface area contributed by atoms with Gasteiger partial charge in [0.25, 0.3) is 0 Å². The van der Waals surface area contributed by atoms with E-state index in [1.54, 1.807) is 11.6 Å². The number of aromatic nitrogens is 1. The third-order valence-electron chi connectivity index (χ3n) is 3.33. The van der Waals surface area contributed by atoms with Crippen LogP contribution in [0, 0.1) is 5.82 Å². The molecule has 0 fully saturated rings. The van der Waals surface area contributed by atoms with Crippen LogP contribution in [0.1, 0.15) is 10.4 Å². The Kier molecular flexibility index (Phi) is 2.63. The van der Waals surface area contributed by atoms with E-state index >= 15 is 0 Å². The van der Waals surface area contributed by atoms with E-state index in [0.717, 1.165) is 6.07 Å². The van der Waals surface area contributed by atoms with Crippen LogP contribution in [0.5, 0.6) is 5.75 Å². The number of carboxylic acid groups (broad SMARTS) is 1. The largest absolute Gasteiger partial charge is 0.487 e. The highest BCUT2D eigenvalue weighted by Crippen LogP contribution is 2.37. The first-order valence-electron chi connectivity index (χ1n) is 5.98. The van der Waals surface area contributed by atoms with Crippen LogP contribution in [0.15, 0.2) is 17.1 Å². The van der Waals surface area contributed by atoms with Crippen LogP contribution in [0.4, 0.5) is 10.1 Å². The minimum Gasteiger partial charge on any atom is -0.487 e. The fraction of sp³-hybridized carbons (Fsp3) is 0.231. The summed E-state index contributed by atoms with van der Waals surface area (Å²) in [5.74, 6) is -1.74. The Morgan fingerprint density at radius 2 is 2.30 bits per heavy atom. The van der Waals surface area contributed by atoms with E-state index in [1.807, 2.05) is 0 Å². The van der Waals surface area contributed by atoms with Crippen LogP contribution in [0.2, 0.25) is 0 Å². The molecule has 1 aliphatic heterocycles. The van der Waals surface area contributed by atoms with Crippen molar-refractivity contribution in [3.63, 3.8) is 0 Å². The lowest BCUT2D eigenvalue weighted by atomic mass is 10.1. The molecule has 0 saturated carbocycles. The van der Waals surface area contributed by atoms with Gasteiger partial charge >= 0.3 is 5.97 Å². The number of anilines is 1. The van der Waals surface area contributed by atoms with E-state index in [4.69, 9.17) is 9.84 Å². The molecule has 1 aromatic carbocycles. The number of hydrogen-bond acceptors (Lipinski definition) is 4. The van der Waals surface area contributed by atoms with Gasteiger partial charge in [0.05, 0.1) is 17.4 Å². The summed E-state index contributed by atoms with van der Waals surface area (Å²) >= 11 is 0. The normalized spacial score (nSPS) is 13.1. The van der Waals surface area contributed by atoms with Crippen molar-refractivity contribution < 1.29 is 19.0 Å². The van der Waals surface area contributed by atoms with Crippen LogP contribution in [-0.2, 0) is 6.54 Å². The number of nitrogens with zero attached hydrogens (tertiary/aromatic N) is 1. The Morgan fingerprint density at radius 1 is 1.55 bits per heavy atom. The molecule has 0 aliphatic carbocycles. The molecule has 0 saturated heterocycles. The van der Waals surface area contributed by atoms with Crippen LogP contribution in [0.3, 0.4) is 0 Å². The summed E-state index contributed by atoms with van der Waals surface area (Å²) in [6.07, 6.45) is 1.27. The van der Waals surface area contributed by atoms with E-state index in [0.29, 0.717) is 12.1 Å². The number of aromatic carboxylic acids is 1. The summed E-state index contributed by atoms with van der Waals surface area (Å²) in [6, 6.07) is 1.05. The molecule has 0 radical (unpaired) electrons. The monoisotopic (exact) mass is 278 g/mol. The van der Waals surface area contributed by atoms with Crippen molar-refractivity contribution in [1.82, 2.24) is 4.57 Å². The minimum atomic E-state index is -1.33. The second-order valence-corrected chi connectivity index (χ2v) is 4.43. The summed E-state index contributed by atoms with van der Waals surface area (Å²) in [7, 11) is 1.55. The van der Waals surface area contributed by atoms with Crippen molar-refractivity contribution in [3.05, 3.63) is 33.9 Å². The van der Waals surface area contributed by atoms with E-state index in [-0.39, 0.29) is 29.0 Å². The SMILES string of the molecule is CNc1c(F)cc2c(=O)c(C(=O)O)cn3c2c1OCC3.